The van der Waals surface area contributed by atoms with E-state index in [-0.39, 0.29) is 17.4 Å². The van der Waals surface area contributed by atoms with Gasteiger partial charge in [0.2, 0.25) is 0 Å². The molecule has 1 unspecified atom stereocenters. The second kappa shape index (κ2) is 8.98. The average molecular weight is 440 g/mol. The van der Waals surface area contributed by atoms with Gasteiger partial charge in [0.1, 0.15) is 11.5 Å². The predicted octanol–water partition coefficient (Wildman–Crippen LogP) is 4.43. The maximum absolute atomic E-state index is 13.3. The lowest BCUT2D eigenvalue weighted by atomic mass is 9.85. The Balaban J connectivity index is 1.94. The van der Waals surface area contributed by atoms with E-state index in [9.17, 15) is 4.79 Å². The quantitative estimate of drug-likeness (QED) is 0.599. The third-order valence-corrected chi connectivity index (χ3v) is 5.50. The number of methoxy groups -OCH3 is 2. The van der Waals surface area contributed by atoms with E-state index in [0.717, 1.165) is 5.56 Å². The van der Waals surface area contributed by atoms with E-state index in [2.05, 4.69) is 48.9 Å². The molecule has 1 amide bonds. The molecule has 164 valence electrons. The molecule has 3 N–H and O–H groups in total. The second-order valence-corrected chi connectivity index (χ2v) is 8.87. The van der Waals surface area contributed by atoms with E-state index in [4.69, 9.17) is 21.7 Å². The van der Waals surface area contributed by atoms with E-state index in [1.165, 1.54) is 5.56 Å². The van der Waals surface area contributed by atoms with Gasteiger partial charge in [0, 0.05) is 11.8 Å². The van der Waals surface area contributed by atoms with E-state index >= 15 is 0 Å². The highest BCUT2D eigenvalue weighted by atomic mass is 32.1. The van der Waals surface area contributed by atoms with E-state index < -0.39 is 0 Å². The first-order valence-electron chi connectivity index (χ1n) is 10.1. The lowest BCUT2D eigenvalue weighted by Crippen LogP contribution is -2.45. The fraction of sp³-hybridized carbons (Fsp3) is 0.333. The largest absolute Gasteiger partial charge is 0.497 e. The van der Waals surface area contributed by atoms with E-state index in [0.29, 0.717) is 33.6 Å². The van der Waals surface area contributed by atoms with Crippen LogP contribution >= 0.6 is 12.2 Å². The van der Waals surface area contributed by atoms with Crippen LogP contribution in [0.4, 0.5) is 5.69 Å². The Morgan fingerprint density at radius 2 is 1.74 bits per heavy atom. The number of hydrogen-bond acceptors (Lipinski definition) is 4. The van der Waals surface area contributed by atoms with Crippen LogP contribution in [0.25, 0.3) is 0 Å². The topological polar surface area (TPSA) is 71.6 Å². The molecule has 0 aromatic heterocycles. The molecule has 0 aliphatic carbocycles. The summed E-state index contributed by atoms with van der Waals surface area (Å²) in [6.45, 7) is 8.37. The number of carbonyl (C=O) groups is 1. The van der Waals surface area contributed by atoms with Crippen molar-refractivity contribution < 1.29 is 14.3 Å². The zero-order valence-electron chi connectivity index (χ0n) is 18.8. The SMILES string of the molecule is COc1ccc(NC(=O)C2=C(C)NC(=S)NC2c2ccc(C(C)(C)C)cc2)c(OC)c1. The van der Waals surface area contributed by atoms with Gasteiger partial charge in [0.15, 0.2) is 5.11 Å². The van der Waals surface area contributed by atoms with Gasteiger partial charge in [0.25, 0.3) is 5.91 Å². The summed E-state index contributed by atoms with van der Waals surface area (Å²) in [6, 6.07) is 13.2. The zero-order chi connectivity index (χ0) is 22.8. The molecular formula is C24H29N3O3S. The Hall–Kier alpha value is -3.06. The number of ether oxygens (including phenoxy) is 2. The van der Waals surface area contributed by atoms with Crippen molar-refractivity contribution in [2.24, 2.45) is 0 Å². The number of carbonyl (C=O) groups excluding carboxylic acids is 1. The predicted molar refractivity (Wildman–Crippen MR) is 128 cm³/mol. The van der Waals surface area contributed by atoms with Crippen molar-refractivity contribution >= 4 is 28.9 Å². The van der Waals surface area contributed by atoms with Crippen LogP contribution in [0.3, 0.4) is 0 Å². The number of thiocarbonyl (C=S) groups is 1. The second-order valence-electron chi connectivity index (χ2n) is 8.46. The van der Waals surface area contributed by atoms with Crippen LogP contribution in [-0.2, 0) is 10.2 Å². The van der Waals surface area contributed by atoms with E-state index in [1.54, 1.807) is 32.4 Å². The van der Waals surface area contributed by atoms with Crippen molar-refractivity contribution in [3.8, 4) is 11.5 Å². The van der Waals surface area contributed by atoms with Gasteiger partial charge in [-0.1, -0.05) is 45.0 Å². The molecule has 0 radical (unpaired) electrons. The molecule has 0 bridgehead atoms. The number of benzene rings is 2. The van der Waals surface area contributed by atoms with Gasteiger partial charge in [-0.3, -0.25) is 4.79 Å². The van der Waals surface area contributed by atoms with Gasteiger partial charge < -0.3 is 25.4 Å². The van der Waals surface area contributed by atoms with Crippen LogP contribution in [0.2, 0.25) is 0 Å². The first-order valence-corrected chi connectivity index (χ1v) is 10.5. The molecule has 7 heteroatoms. The molecule has 2 aromatic carbocycles. The molecule has 0 saturated carbocycles. The van der Waals surface area contributed by atoms with Crippen LogP contribution in [0.1, 0.15) is 44.9 Å². The monoisotopic (exact) mass is 439 g/mol. The molecule has 31 heavy (non-hydrogen) atoms. The van der Waals surface area contributed by atoms with Crippen molar-refractivity contribution in [1.82, 2.24) is 10.6 Å². The van der Waals surface area contributed by atoms with Crippen LogP contribution in [-0.4, -0.2) is 25.2 Å². The van der Waals surface area contributed by atoms with Crippen LogP contribution < -0.4 is 25.4 Å². The Labute approximate surface area is 189 Å². The third-order valence-electron chi connectivity index (χ3n) is 5.28. The van der Waals surface area contributed by atoms with Crippen LogP contribution in [0.15, 0.2) is 53.7 Å². The summed E-state index contributed by atoms with van der Waals surface area (Å²) in [5, 5.41) is 9.75. The Bertz CT molecular complexity index is 1020. The molecule has 1 aliphatic heterocycles. The van der Waals surface area contributed by atoms with Crippen LogP contribution in [0, 0.1) is 0 Å². The minimum atomic E-state index is -0.369. The lowest BCUT2D eigenvalue weighted by Gasteiger charge is -2.31. The summed E-state index contributed by atoms with van der Waals surface area (Å²) >= 11 is 5.36. The standard InChI is InChI=1S/C24H29N3O3S/c1-14-20(22(28)26-18-12-11-17(29-5)13-19(18)30-6)21(27-23(31)25-14)15-7-9-16(10-8-15)24(2,3)4/h7-13,21H,1-6H3,(H,26,28)(H2,25,27,31). The van der Waals surface area contributed by atoms with E-state index in [1.807, 2.05) is 19.1 Å². The summed E-state index contributed by atoms with van der Waals surface area (Å²) in [4.78, 5) is 13.3. The number of anilines is 1. The highest BCUT2D eigenvalue weighted by Crippen LogP contribution is 2.33. The minimum Gasteiger partial charge on any atom is -0.497 e. The maximum Gasteiger partial charge on any atom is 0.255 e. The molecule has 6 nitrogen and oxygen atoms in total. The fourth-order valence-electron chi connectivity index (χ4n) is 3.51. The number of allylic oxidation sites excluding steroid dienone is 1. The molecule has 3 rings (SSSR count). The van der Waals surface area contributed by atoms with Gasteiger partial charge >= 0.3 is 0 Å². The average Bonchev–Trinajstić information content (AvgIpc) is 2.72. The smallest absolute Gasteiger partial charge is 0.255 e. The van der Waals surface area contributed by atoms with Gasteiger partial charge in [-0.2, -0.15) is 0 Å². The summed E-state index contributed by atoms with van der Waals surface area (Å²) in [6.07, 6.45) is 0. The highest BCUT2D eigenvalue weighted by molar-refractivity contribution is 7.80. The molecule has 2 aromatic rings. The first kappa shape index (κ1) is 22.6. The number of hydrogen-bond donors (Lipinski definition) is 3. The zero-order valence-corrected chi connectivity index (χ0v) is 19.6. The Kier molecular flexibility index (Phi) is 6.55. The van der Waals surface area contributed by atoms with Gasteiger partial charge in [-0.25, -0.2) is 0 Å². The van der Waals surface area contributed by atoms with Gasteiger partial charge in [0.05, 0.1) is 31.5 Å². The highest BCUT2D eigenvalue weighted by Gasteiger charge is 2.30. The lowest BCUT2D eigenvalue weighted by molar-refractivity contribution is -0.113. The minimum absolute atomic E-state index is 0.0479. The summed E-state index contributed by atoms with van der Waals surface area (Å²) in [5.41, 5.74) is 4.06. The summed E-state index contributed by atoms with van der Waals surface area (Å²) in [7, 11) is 3.13. The normalized spacial score (nSPS) is 16.3. The summed E-state index contributed by atoms with van der Waals surface area (Å²) < 4.78 is 10.6. The Morgan fingerprint density at radius 3 is 2.32 bits per heavy atom. The molecule has 0 saturated heterocycles. The van der Waals surface area contributed by atoms with Crippen molar-refractivity contribution in [1.29, 1.82) is 0 Å². The maximum atomic E-state index is 13.3. The van der Waals surface area contributed by atoms with Crippen molar-refractivity contribution in [2.45, 2.75) is 39.2 Å². The molecule has 0 spiro atoms. The Morgan fingerprint density at radius 1 is 1.06 bits per heavy atom. The van der Waals surface area contributed by atoms with Crippen LogP contribution in [0.5, 0.6) is 11.5 Å². The van der Waals surface area contributed by atoms with Crippen molar-refractivity contribution in [3.05, 3.63) is 64.9 Å². The number of amides is 1. The third kappa shape index (κ3) is 4.99. The molecule has 0 fully saturated rings. The fourth-order valence-corrected chi connectivity index (χ4v) is 3.78. The molecular weight excluding hydrogens is 410 g/mol. The number of nitrogens with one attached hydrogen (secondary N) is 3. The van der Waals surface area contributed by atoms with Gasteiger partial charge in [-0.15, -0.1) is 0 Å². The van der Waals surface area contributed by atoms with Crippen molar-refractivity contribution in [2.75, 3.05) is 19.5 Å². The molecule has 1 heterocycles. The van der Waals surface area contributed by atoms with Gasteiger partial charge in [-0.05, 0) is 47.8 Å². The van der Waals surface area contributed by atoms with Crippen molar-refractivity contribution in [3.63, 3.8) is 0 Å². The molecule has 1 atom stereocenters. The summed E-state index contributed by atoms with van der Waals surface area (Å²) in [5.74, 6) is 0.922. The molecule has 1 aliphatic rings. The number of rotatable bonds is 5. The first-order chi connectivity index (χ1) is 14.6.